The third-order valence-corrected chi connectivity index (χ3v) is 7.55. The van der Waals surface area contributed by atoms with Crippen molar-refractivity contribution in [3.8, 4) is 11.3 Å². The van der Waals surface area contributed by atoms with E-state index in [-0.39, 0.29) is 0 Å². The van der Waals surface area contributed by atoms with Crippen LogP contribution in [-0.2, 0) is 10.5 Å². The van der Waals surface area contributed by atoms with Crippen molar-refractivity contribution < 1.29 is 19.5 Å². The molecule has 1 saturated carbocycles. The smallest absolute Gasteiger partial charge is 0.164 e. The molecule has 1 saturated heterocycles. The highest BCUT2D eigenvalue weighted by atomic mass is 32.2. The predicted octanol–water partition coefficient (Wildman–Crippen LogP) is 3.10. The average molecular weight is 480 g/mol. The van der Waals surface area contributed by atoms with Crippen LogP contribution >= 0.6 is 11.8 Å². The monoisotopic (exact) mass is 479 g/mol. The van der Waals surface area contributed by atoms with Crippen molar-refractivity contribution in [3.05, 3.63) is 60.2 Å². The summed E-state index contributed by atoms with van der Waals surface area (Å²) in [6.07, 6.45) is 1.96. The number of nitrogens with two attached hydrogens (primary N) is 1. The normalized spacial score (nSPS) is 24.8. The van der Waals surface area contributed by atoms with E-state index in [0.717, 1.165) is 35.4 Å². The van der Waals surface area contributed by atoms with Gasteiger partial charge in [0, 0.05) is 34.7 Å². The predicted molar refractivity (Wildman–Crippen MR) is 128 cm³/mol. The fourth-order valence-electron chi connectivity index (χ4n) is 4.52. The Balaban J connectivity index is 1.18. The summed E-state index contributed by atoms with van der Waals surface area (Å²) >= 11 is 1.64. The first-order valence-corrected chi connectivity index (χ1v) is 12.5. The molecule has 2 aliphatic rings. The van der Waals surface area contributed by atoms with E-state index in [1.165, 1.54) is 6.33 Å². The van der Waals surface area contributed by atoms with Gasteiger partial charge in [0.25, 0.3) is 0 Å². The van der Waals surface area contributed by atoms with Gasteiger partial charge in [-0.1, -0.05) is 35.5 Å². The fraction of sp³-hybridized carbons (Fsp3) is 0.375. The molecule has 1 aromatic carbocycles. The second-order valence-electron chi connectivity index (χ2n) is 8.79. The minimum atomic E-state index is -1.09. The molecular weight excluding hydrogens is 454 g/mol. The zero-order valence-corrected chi connectivity index (χ0v) is 19.1. The first-order valence-electron chi connectivity index (χ1n) is 11.3. The van der Waals surface area contributed by atoms with Crippen molar-refractivity contribution in [2.24, 2.45) is 0 Å². The molecule has 34 heavy (non-hydrogen) atoms. The highest BCUT2D eigenvalue weighted by molar-refractivity contribution is 7.98. The zero-order chi connectivity index (χ0) is 23.2. The van der Waals surface area contributed by atoms with Gasteiger partial charge < -0.3 is 29.8 Å². The number of hydrogen-bond acceptors (Lipinski definition) is 9. The Bertz CT molecular complexity index is 1310. The maximum absolute atomic E-state index is 10.7. The number of anilines is 1. The van der Waals surface area contributed by atoms with Crippen LogP contribution in [0.2, 0.25) is 0 Å². The molecule has 0 unspecified atom stereocenters. The number of ether oxygens (including phenoxy) is 1. The number of nitrogen functional groups attached to an aromatic ring is 1. The number of benzene rings is 1. The number of aliphatic hydroxyl groups is 2. The molecule has 4 heterocycles. The van der Waals surface area contributed by atoms with Crippen LogP contribution in [0.1, 0.15) is 36.3 Å². The Kier molecular flexibility index (Phi) is 5.53. The minimum Gasteiger partial charge on any atom is -0.387 e. The molecule has 0 bridgehead atoms. The Hall–Kier alpha value is -2.92. The molecule has 176 valence electrons. The van der Waals surface area contributed by atoms with Gasteiger partial charge in [-0.05, 0) is 18.9 Å². The first-order chi connectivity index (χ1) is 16.6. The summed E-state index contributed by atoms with van der Waals surface area (Å²) in [7, 11) is 0. The van der Waals surface area contributed by atoms with Gasteiger partial charge in [-0.25, -0.2) is 9.97 Å². The molecule has 0 spiro atoms. The van der Waals surface area contributed by atoms with Crippen LogP contribution in [0.5, 0.6) is 0 Å². The first kappa shape index (κ1) is 21.6. The number of aromatic nitrogens is 4. The lowest BCUT2D eigenvalue weighted by Gasteiger charge is -2.17. The number of aliphatic hydroxyl groups excluding tert-OH is 2. The molecule has 4 N–H and O–H groups in total. The summed E-state index contributed by atoms with van der Waals surface area (Å²) < 4.78 is 13.5. The molecule has 0 amide bonds. The van der Waals surface area contributed by atoms with Crippen LogP contribution in [0.4, 0.5) is 5.82 Å². The second-order valence-corrected chi connectivity index (χ2v) is 9.83. The van der Waals surface area contributed by atoms with Crippen molar-refractivity contribution >= 4 is 28.6 Å². The maximum Gasteiger partial charge on any atom is 0.164 e. The quantitative estimate of drug-likeness (QED) is 0.366. The molecule has 4 aromatic rings. The Morgan fingerprint density at radius 3 is 2.71 bits per heavy atom. The van der Waals surface area contributed by atoms with Crippen molar-refractivity contribution in [2.75, 3.05) is 11.5 Å². The highest BCUT2D eigenvalue weighted by Crippen LogP contribution is 2.45. The van der Waals surface area contributed by atoms with Gasteiger partial charge in [0.15, 0.2) is 6.23 Å². The van der Waals surface area contributed by atoms with Crippen molar-refractivity contribution in [3.63, 3.8) is 0 Å². The summed E-state index contributed by atoms with van der Waals surface area (Å²) in [6.45, 7) is 0. The van der Waals surface area contributed by atoms with E-state index in [0.29, 0.717) is 34.3 Å². The molecule has 9 nitrogen and oxygen atoms in total. The number of nitrogens with zero attached hydrogens (tertiary/aromatic N) is 4. The van der Waals surface area contributed by atoms with Gasteiger partial charge in [-0.15, -0.1) is 0 Å². The standard InChI is InChI=1S/C24H25N5O4S/c25-22-15-8-9-29(23(15)27-12-26-22)24-20(31)19(30)17(32-24)11-34-10-16-18(13-4-2-1-3-5-13)28-33-21(16)14-6-7-14/h1-5,8-9,12,14,17,19-20,24,30-31H,6-7,10-11H2,(H2,25,26,27)/t17-,19-,20-,24-/m1/s1. The average Bonchev–Trinajstić information content (AvgIpc) is 3.36. The third kappa shape index (κ3) is 3.76. The van der Waals surface area contributed by atoms with Crippen LogP contribution < -0.4 is 5.73 Å². The molecule has 1 aliphatic carbocycles. The summed E-state index contributed by atoms with van der Waals surface area (Å²) in [5.74, 6) is 2.96. The van der Waals surface area contributed by atoms with E-state index in [1.54, 1.807) is 28.6 Å². The zero-order valence-electron chi connectivity index (χ0n) is 18.3. The maximum atomic E-state index is 10.7. The number of fused-ring (bicyclic) bond motifs is 1. The lowest BCUT2D eigenvalue weighted by molar-refractivity contribution is -0.0285. The summed E-state index contributed by atoms with van der Waals surface area (Å²) in [5.41, 5.74) is 9.49. The Labute approximate surface area is 199 Å². The van der Waals surface area contributed by atoms with E-state index in [4.69, 9.17) is 15.0 Å². The topological polar surface area (TPSA) is 132 Å². The SMILES string of the molecule is Nc1ncnc2c1ccn2[C@@H]1O[C@H](CSCc2c(-c3ccccc3)noc2C2CC2)[C@@H](O)[C@H]1O. The largest absolute Gasteiger partial charge is 0.387 e. The van der Waals surface area contributed by atoms with Gasteiger partial charge in [-0.3, -0.25) is 0 Å². The van der Waals surface area contributed by atoms with Gasteiger partial charge in [0.05, 0.1) is 11.5 Å². The van der Waals surface area contributed by atoms with Crippen LogP contribution in [0.15, 0.2) is 53.4 Å². The molecule has 1 aliphatic heterocycles. The van der Waals surface area contributed by atoms with Gasteiger partial charge >= 0.3 is 0 Å². The molecular formula is C24H25N5O4S. The van der Waals surface area contributed by atoms with E-state index in [1.807, 2.05) is 30.3 Å². The third-order valence-electron chi connectivity index (χ3n) is 6.49. The number of thioether (sulfide) groups is 1. The van der Waals surface area contributed by atoms with Crippen LogP contribution in [0.3, 0.4) is 0 Å². The minimum absolute atomic E-state index is 0.360. The van der Waals surface area contributed by atoms with Crippen LogP contribution in [0, 0.1) is 0 Å². The molecule has 0 radical (unpaired) electrons. The summed E-state index contributed by atoms with van der Waals surface area (Å²) in [4.78, 5) is 8.27. The van der Waals surface area contributed by atoms with Crippen molar-refractivity contribution in [1.29, 1.82) is 0 Å². The van der Waals surface area contributed by atoms with E-state index in [2.05, 4.69) is 15.1 Å². The van der Waals surface area contributed by atoms with Gasteiger partial charge in [0.2, 0.25) is 0 Å². The number of hydrogen-bond donors (Lipinski definition) is 3. The fourth-order valence-corrected chi connectivity index (χ4v) is 5.63. The van der Waals surface area contributed by atoms with E-state index >= 15 is 0 Å². The van der Waals surface area contributed by atoms with E-state index < -0.39 is 24.5 Å². The Morgan fingerprint density at radius 2 is 1.91 bits per heavy atom. The van der Waals surface area contributed by atoms with Crippen molar-refractivity contribution in [2.45, 2.75) is 49.1 Å². The van der Waals surface area contributed by atoms with Gasteiger partial charge in [0.1, 0.15) is 41.5 Å². The molecule has 4 atom stereocenters. The lowest BCUT2D eigenvalue weighted by Crippen LogP contribution is -2.32. The van der Waals surface area contributed by atoms with E-state index in [9.17, 15) is 10.2 Å². The molecule has 2 fully saturated rings. The molecule has 3 aromatic heterocycles. The Morgan fingerprint density at radius 1 is 1.09 bits per heavy atom. The van der Waals surface area contributed by atoms with Crippen LogP contribution in [-0.4, -0.2) is 54.0 Å². The summed E-state index contributed by atoms with van der Waals surface area (Å²) in [6, 6.07) is 11.8. The number of rotatable bonds is 7. The summed E-state index contributed by atoms with van der Waals surface area (Å²) in [5, 5.41) is 26.5. The second kappa shape index (κ2) is 8.70. The van der Waals surface area contributed by atoms with Gasteiger partial charge in [-0.2, -0.15) is 11.8 Å². The molecule has 6 rings (SSSR count). The molecule has 10 heteroatoms. The van der Waals surface area contributed by atoms with Crippen LogP contribution in [0.25, 0.3) is 22.3 Å². The van der Waals surface area contributed by atoms with Crippen molar-refractivity contribution in [1.82, 2.24) is 19.7 Å². The lowest BCUT2D eigenvalue weighted by atomic mass is 10.1. The highest BCUT2D eigenvalue weighted by Gasteiger charge is 2.44.